The largest absolute Gasteiger partial charge is 0.505 e. The highest BCUT2D eigenvalue weighted by atomic mass is 32.2. The van der Waals surface area contributed by atoms with Crippen LogP contribution in [0.15, 0.2) is 59.5 Å². The molecule has 0 aliphatic rings. The zero-order valence-electron chi connectivity index (χ0n) is 12.8. The van der Waals surface area contributed by atoms with Gasteiger partial charge in [-0.3, -0.25) is 9.35 Å². The monoisotopic (exact) mass is 358 g/mol. The summed E-state index contributed by atoms with van der Waals surface area (Å²) in [5, 5.41) is 13.3. The van der Waals surface area contributed by atoms with Crippen LogP contribution in [-0.4, -0.2) is 24.0 Å². The Morgan fingerprint density at radius 3 is 2.32 bits per heavy atom. The Morgan fingerprint density at radius 1 is 1.00 bits per heavy atom. The predicted molar refractivity (Wildman–Crippen MR) is 94.2 cm³/mol. The van der Waals surface area contributed by atoms with Crippen LogP contribution in [0.2, 0.25) is 0 Å². The molecule has 8 heteroatoms. The van der Waals surface area contributed by atoms with E-state index in [-0.39, 0.29) is 11.1 Å². The van der Waals surface area contributed by atoms with Crippen LogP contribution in [0, 0.1) is 0 Å². The molecule has 0 atom stereocenters. The molecule has 0 aromatic heterocycles. The Morgan fingerprint density at radius 2 is 1.68 bits per heavy atom. The molecule has 128 valence electrons. The van der Waals surface area contributed by atoms with Crippen molar-refractivity contribution < 1.29 is 22.9 Å². The van der Waals surface area contributed by atoms with Gasteiger partial charge < -0.3 is 16.2 Å². The number of hydrogen-bond acceptors (Lipinski definition) is 5. The highest BCUT2D eigenvalue weighted by Gasteiger charge is 2.19. The van der Waals surface area contributed by atoms with Gasteiger partial charge in [0.2, 0.25) is 0 Å². The van der Waals surface area contributed by atoms with Gasteiger partial charge in [-0.25, -0.2) is 0 Å². The van der Waals surface area contributed by atoms with E-state index in [0.29, 0.717) is 16.6 Å². The van der Waals surface area contributed by atoms with Crippen molar-refractivity contribution in [3.8, 4) is 5.75 Å². The molecule has 0 unspecified atom stereocenters. The van der Waals surface area contributed by atoms with Crippen LogP contribution < -0.4 is 11.1 Å². The second-order valence-electron chi connectivity index (χ2n) is 5.37. The van der Waals surface area contributed by atoms with E-state index >= 15 is 0 Å². The minimum absolute atomic E-state index is 0.0189. The molecule has 0 fully saturated rings. The van der Waals surface area contributed by atoms with Crippen molar-refractivity contribution in [1.82, 2.24) is 0 Å². The first-order valence-corrected chi connectivity index (χ1v) is 8.60. The van der Waals surface area contributed by atoms with Gasteiger partial charge in [-0.15, -0.1) is 0 Å². The van der Waals surface area contributed by atoms with Gasteiger partial charge >= 0.3 is 0 Å². The van der Waals surface area contributed by atoms with E-state index in [9.17, 15) is 22.9 Å². The maximum atomic E-state index is 12.3. The van der Waals surface area contributed by atoms with Gasteiger partial charge in [0.05, 0.1) is 5.69 Å². The lowest BCUT2D eigenvalue weighted by Gasteiger charge is -2.12. The van der Waals surface area contributed by atoms with Crippen LogP contribution in [-0.2, 0) is 10.1 Å². The van der Waals surface area contributed by atoms with Crippen LogP contribution >= 0.6 is 0 Å². The Kier molecular flexibility index (Phi) is 4.07. The fourth-order valence-electron chi connectivity index (χ4n) is 2.47. The zero-order valence-corrected chi connectivity index (χ0v) is 13.6. The molecule has 0 radical (unpaired) electrons. The average molecular weight is 358 g/mol. The van der Waals surface area contributed by atoms with E-state index in [2.05, 4.69) is 5.32 Å². The highest BCUT2D eigenvalue weighted by molar-refractivity contribution is 7.86. The summed E-state index contributed by atoms with van der Waals surface area (Å²) in [4.78, 5) is 11.8. The van der Waals surface area contributed by atoms with Crippen molar-refractivity contribution in [2.75, 3.05) is 11.1 Å². The van der Waals surface area contributed by atoms with Crippen molar-refractivity contribution in [2.24, 2.45) is 0 Å². The molecule has 0 saturated heterocycles. The van der Waals surface area contributed by atoms with Crippen LogP contribution in [0.4, 0.5) is 11.4 Å². The molecule has 1 amide bonds. The first-order chi connectivity index (χ1) is 11.8. The summed E-state index contributed by atoms with van der Waals surface area (Å²) in [6.07, 6.45) is 0. The number of rotatable bonds is 3. The summed E-state index contributed by atoms with van der Waals surface area (Å²) in [5.41, 5.74) is 6.41. The number of nitrogen functional groups attached to an aromatic ring is 1. The molecule has 0 spiro atoms. The predicted octanol–water partition coefficient (Wildman–Crippen LogP) is 2.63. The molecule has 3 aromatic carbocycles. The smallest absolute Gasteiger partial charge is 0.295 e. The van der Waals surface area contributed by atoms with Crippen LogP contribution in [0.25, 0.3) is 10.8 Å². The van der Waals surface area contributed by atoms with E-state index < -0.39 is 26.7 Å². The number of nitrogens with two attached hydrogens (primary N) is 1. The molecule has 3 rings (SSSR count). The molecule has 0 saturated carbocycles. The lowest BCUT2D eigenvalue weighted by atomic mass is 10.1. The van der Waals surface area contributed by atoms with Crippen molar-refractivity contribution >= 4 is 38.2 Å². The lowest BCUT2D eigenvalue weighted by molar-refractivity contribution is 0.102. The molecular weight excluding hydrogens is 344 g/mol. The van der Waals surface area contributed by atoms with Crippen LogP contribution in [0.1, 0.15) is 10.4 Å². The number of carbonyl (C=O) groups is 1. The number of aromatic hydroxyl groups is 1. The molecule has 0 aliphatic heterocycles. The topological polar surface area (TPSA) is 130 Å². The van der Waals surface area contributed by atoms with Gasteiger partial charge in [0.15, 0.2) is 0 Å². The second-order valence-corrected chi connectivity index (χ2v) is 6.76. The van der Waals surface area contributed by atoms with Gasteiger partial charge in [-0.2, -0.15) is 8.42 Å². The standard InChI is InChI=1S/C17H14N2O5S/c18-12-7-4-11(5-8-12)17(21)19-13-9-6-10-2-1-3-14(25(22,23)24)15(10)16(13)20/h1-9,20H,18H2,(H,19,21)(H,22,23,24). The Hall–Kier alpha value is -3.10. The lowest BCUT2D eigenvalue weighted by Crippen LogP contribution is -2.12. The van der Waals surface area contributed by atoms with E-state index in [4.69, 9.17) is 5.73 Å². The Bertz CT molecular complexity index is 1080. The van der Waals surface area contributed by atoms with Gasteiger partial charge in [0.25, 0.3) is 16.0 Å². The molecule has 0 bridgehead atoms. The van der Waals surface area contributed by atoms with E-state index in [1.165, 1.54) is 36.4 Å². The molecule has 5 N–H and O–H groups in total. The van der Waals surface area contributed by atoms with Crippen molar-refractivity contribution in [2.45, 2.75) is 4.90 Å². The maximum absolute atomic E-state index is 12.3. The molecule has 3 aromatic rings. The number of phenolic OH excluding ortho intramolecular Hbond substituents is 1. The third kappa shape index (κ3) is 3.25. The van der Waals surface area contributed by atoms with E-state index in [1.54, 1.807) is 18.2 Å². The maximum Gasteiger partial charge on any atom is 0.295 e. The normalized spacial score (nSPS) is 11.4. The van der Waals surface area contributed by atoms with Gasteiger partial charge in [-0.05, 0) is 41.8 Å². The summed E-state index contributed by atoms with van der Waals surface area (Å²) in [7, 11) is -4.54. The third-order valence-electron chi connectivity index (χ3n) is 3.68. The number of benzene rings is 3. The van der Waals surface area contributed by atoms with Gasteiger partial charge in [0.1, 0.15) is 10.6 Å². The molecule has 0 aliphatic carbocycles. The molecule has 7 nitrogen and oxygen atoms in total. The van der Waals surface area contributed by atoms with Crippen molar-refractivity contribution in [3.63, 3.8) is 0 Å². The van der Waals surface area contributed by atoms with Crippen LogP contribution in [0.3, 0.4) is 0 Å². The Balaban J connectivity index is 2.07. The number of hydrogen-bond donors (Lipinski definition) is 4. The summed E-state index contributed by atoms with van der Waals surface area (Å²) < 4.78 is 32.4. The number of phenols is 1. The number of nitrogens with one attached hydrogen (secondary N) is 1. The number of anilines is 2. The molecule has 25 heavy (non-hydrogen) atoms. The molecule has 0 heterocycles. The minimum atomic E-state index is -4.54. The fraction of sp³-hybridized carbons (Fsp3) is 0. The first kappa shape index (κ1) is 16.7. The first-order valence-electron chi connectivity index (χ1n) is 7.16. The Labute approximate surface area is 143 Å². The zero-order chi connectivity index (χ0) is 18.2. The number of carbonyl (C=O) groups excluding carboxylic acids is 1. The SMILES string of the molecule is Nc1ccc(C(=O)Nc2ccc3cccc(S(=O)(=O)O)c3c2O)cc1. The van der Waals surface area contributed by atoms with Crippen molar-refractivity contribution in [3.05, 3.63) is 60.2 Å². The van der Waals surface area contributed by atoms with Gasteiger partial charge in [-0.1, -0.05) is 18.2 Å². The highest BCUT2D eigenvalue weighted by Crippen LogP contribution is 2.37. The second kappa shape index (κ2) is 6.08. The summed E-state index contributed by atoms with van der Waals surface area (Å²) >= 11 is 0. The summed E-state index contributed by atoms with van der Waals surface area (Å²) in [6, 6.07) is 13.3. The van der Waals surface area contributed by atoms with Crippen molar-refractivity contribution in [1.29, 1.82) is 0 Å². The molecular formula is C17H14N2O5S. The average Bonchev–Trinajstić information content (AvgIpc) is 2.56. The quantitative estimate of drug-likeness (QED) is 0.323. The van der Waals surface area contributed by atoms with E-state index in [1.807, 2.05) is 0 Å². The van der Waals surface area contributed by atoms with E-state index in [0.717, 1.165) is 0 Å². The van der Waals surface area contributed by atoms with Crippen LogP contribution in [0.5, 0.6) is 5.75 Å². The summed E-state index contributed by atoms with van der Waals surface area (Å²) in [5.74, 6) is -0.950. The summed E-state index contributed by atoms with van der Waals surface area (Å²) in [6.45, 7) is 0. The number of fused-ring (bicyclic) bond motifs is 1. The fourth-order valence-corrected chi connectivity index (χ4v) is 3.19. The number of amides is 1. The third-order valence-corrected chi connectivity index (χ3v) is 4.57. The van der Waals surface area contributed by atoms with Gasteiger partial charge in [0, 0.05) is 16.6 Å². The minimum Gasteiger partial charge on any atom is -0.505 e.